The van der Waals surface area contributed by atoms with Crippen LogP contribution in [0.5, 0.6) is 0 Å². The lowest BCUT2D eigenvalue weighted by atomic mass is 10.0. The van der Waals surface area contributed by atoms with Gasteiger partial charge in [-0.25, -0.2) is 0 Å². The van der Waals surface area contributed by atoms with E-state index in [-0.39, 0.29) is 12.0 Å². The van der Waals surface area contributed by atoms with E-state index in [4.69, 9.17) is 5.73 Å². The van der Waals surface area contributed by atoms with E-state index in [0.29, 0.717) is 17.8 Å². The van der Waals surface area contributed by atoms with Gasteiger partial charge in [0.15, 0.2) is 0 Å². The standard InChI is InChI=1S/C17H15F3N2O/c18-17(19,20)12-2-1-3-14(8-12)22-16-11(9-23)6-10-7-13(21)4-5-15(10)16/h1-5,7-9,11,16,22H,6,21H2/t11-,16-/m0/s1. The molecule has 0 radical (unpaired) electrons. The highest BCUT2D eigenvalue weighted by Crippen LogP contribution is 2.39. The number of rotatable bonds is 3. The number of hydrogen-bond acceptors (Lipinski definition) is 3. The normalized spacial score (nSPS) is 20.1. The molecule has 0 spiro atoms. The molecule has 0 saturated heterocycles. The van der Waals surface area contributed by atoms with Crippen molar-refractivity contribution in [1.29, 1.82) is 0 Å². The average Bonchev–Trinajstić information content (AvgIpc) is 2.83. The van der Waals surface area contributed by atoms with Crippen LogP contribution in [0.4, 0.5) is 24.5 Å². The van der Waals surface area contributed by atoms with Crippen molar-refractivity contribution in [3.8, 4) is 0 Å². The van der Waals surface area contributed by atoms with Crippen molar-refractivity contribution in [1.82, 2.24) is 0 Å². The van der Waals surface area contributed by atoms with Gasteiger partial charge in [0.25, 0.3) is 0 Å². The van der Waals surface area contributed by atoms with E-state index >= 15 is 0 Å². The number of nitrogens with one attached hydrogen (secondary N) is 1. The molecule has 2 atom stereocenters. The molecule has 1 aliphatic rings. The fourth-order valence-electron chi connectivity index (χ4n) is 2.98. The van der Waals surface area contributed by atoms with Gasteiger partial charge in [0.05, 0.1) is 11.6 Å². The Morgan fingerprint density at radius 1 is 1.17 bits per heavy atom. The van der Waals surface area contributed by atoms with Crippen LogP contribution in [0.15, 0.2) is 42.5 Å². The van der Waals surface area contributed by atoms with Gasteiger partial charge in [-0.15, -0.1) is 0 Å². The molecule has 2 aromatic carbocycles. The number of nitrogen functional groups attached to an aromatic ring is 1. The van der Waals surface area contributed by atoms with E-state index in [0.717, 1.165) is 29.5 Å². The quantitative estimate of drug-likeness (QED) is 0.668. The molecule has 120 valence electrons. The summed E-state index contributed by atoms with van der Waals surface area (Å²) in [4.78, 5) is 11.3. The van der Waals surface area contributed by atoms with Crippen molar-refractivity contribution in [2.45, 2.75) is 18.6 Å². The van der Waals surface area contributed by atoms with Crippen LogP contribution in [-0.2, 0) is 17.4 Å². The molecule has 0 fully saturated rings. The smallest absolute Gasteiger partial charge is 0.399 e. The van der Waals surface area contributed by atoms with Crippen molar-refractivity contribution in [3.05, 3.63) is 59.2 Å². The highest BCUT2D eigenvalue weighted by atomic mass is 19.4. The predicted octanol–water partition coefficient (Wildman–Crippen LogP) is 3.81. The van der Waals surface area contributed by atoms with Crippen molar-refractivity contribution in [2.24, 2.45) is 5.92 Å². The van der Waals surface area contributed by atoms with Crippen LogP contribution in [0, 0.1) is 5.92 Å². The van der Waals surface area contributed by atoms with Crippen LogP contribution in [0.3, 0.4) is 0 Å². The number of fused-ring (bicyclic) bond motifs is 1. The minimum Gasteiger partial charge on any atom is -0.399 e. The Hall–Kier alpha value is -2.50. The first-order valence-electron chi connectivity index (χ1n) is 7.16. The fourth-order valence-corrected chi connectivity index (χ4v) is 2.98. The largest absolute Gasteiger partial charge is 0.416 e. The molecule has 2 aromatic rings. The van der Waals surface area contributed by atoms with E-state index in [9.17, 15) is 18.0 Å². The van der Waals surface area contributed by atoms with Crippen LogP contribution >= 0.6 is 0 Å². The zero-order valence-corrected chi connectivity index (χ0v) is 12.1. The molecule has 1 aliphatic carbocycles. The molecule has 0 aromatic heterocycles. The van der Waals surface area contributed by atoms with E-state index in [1.54, 1.807) is 18.2 Å². The number of aldehydes is 1. The second-order valence-corrected chi connectivity index (χ2v) is 5.66. The maximum atomic E-state index is 12.8. The van der Waals surface area contributed by atoms with Crippen molar-refractivity contribution < 1.29 is 18.0 Å². The molecule has 3 N–H and O–H groups in total. The number of nitrogens with two attached hydrogens (primary N) is 1. The predicted molar refractivity (Wildman–Crippen MR) is 81.9 cm³/mol. The Balaban J connectivity index is 1.92. The number of carbonyl (C=O) groups is 1. The Kier molecular flexibility index (Phi) is 3.75. The molecule has 0 heterocycles. The Morgan fingerprint density at radius 2 is 1.96 bits per heavy atom. The topological polar surface area (TPSA) is 55.1 Å². The SMILES string of the molecule is Nc1ccc2c(c1)C[C@@H](C=O)[C@@H]2Nc1cccc(C(F)(F)F)c1. The summed E-state index contributed by atoms with van der Waals surface area (Å²) in [5.74, 6) is -0.332. The number of alkyl halides is 3. The number of anilines is 2. The second kappa shape index (κ2) is 5.61. The average molecular weight is 320 g/mol. The fraction of sp³-hybridized carbons (Fsp3) is 0.235. The van der Waals surface area contributed by atoms with Crippen LogP contribution in [0.2, 0.25) is 0 Å². The summed E-state index contributed by atoms with van der Waals surface area (Å²) in [6, 6.07) is 9.98. The molecule has 6 heteroatoms. The van der Waals surface area contributed by atoms with Crippen molar-refractivity contribution >= 4 is 17.7 Å². The molecule has 0 bridgehead atoms. The van der Waals surface area contributed by atoms with Gasteiger partial charge in [-0.1, -0.05) is 12.1 Å². The Bertz CT molecular complexity index is 743. The summed E-state index contributed by atoms with van der Waals surface area (Å²) in [6.07, 6.45) is -3.04. The molecule has 3 nitrogen and oxygen atoms in total. The van der Waals surface area contributed by atoms with Gasteiger partial charge in [0, 0.05) is 17.3 Å². The van der Waals surface area contributed by atoms with Gasteiger partial charge in [0.2, 0.25) is 0 Å². The van der Waals surface area contributed by atoms with Crippen LogP contribution in [0.1, 0.15) is 22.7 Å². The maximum Gasteiger partial charge on any atom is 0.416 e. The molecule has 3 rings (SSSR count). The van der Waals surface area contributed by atoms with Crippen molar-refractivity contribution in [3.63, 3.8) is 0 Å². The number of benzene rings is 2. The van der Waals surface area contributed by atoms with Crippen molar-refractivity contribution in [2.75, 3.05) is 11.1 Å². The maximum absolute atomic E-state index is 12.8. The number of hydrogen-bond donors (Lipinski definition) is 2. The first kappa shape index (κ1) is 15.4. The Morgan fingerprint density at radius 3 is 2.65 bits per heavy atom. The summed E-state index contributed by atoms with van der Waals surface area (Å²) in [5.41, 5.74) is 7.81. The zero-order chi connectivity index (χ0) is 16.6. The monoisotopic (exact) mass is 320 g/mol. The van der Waals surface area contributed by atoms with E-state index in [2.05, 4.69) is 5.32 Å². The molecular weight excluding hydrogens is 305 g/mol. The lowest BCUT2D eigenvalue weighted by Gasteiger charge is -2.20. The number of halogens is 3. The third-order valence-electron chi connectivity index (χ3n) is 4.07. The van der Waals surface area contributed by atoms with Crippen LogP contribution in [-0.4, -0.2) is 6.29 Å². The van der Waals surface area contributed by atoms with Gasteiger partial charge in [-0.3, -0.25) is 0 Å². The van der Waals surface area contributed by atoms with Crippen LogP contribution in [0.25, 0.3) is 0 Å². The van der Waals surface area contributed by atoms with Gasteiger partial charge in [0.1, 0.15) is 6.29 Å². The van der Waals surface area contributed by atoms with Crippen LogP contribution < -0.4 is 11.1 Å². The molecule has 23 heavy (non-hydrogen) atoms. The summed E-state index contributed by atoms with van der Waals surface area (Å²) >= 11 is 0. The lowest BCUT2D eigenvalue weighted by molar-refractivity contribution is -0.137. The zero-order valence-electron chi connectivity index (χ0n) is 12.1. The van der Waals surface area contributed by atoms with E-state index in [1.807, 2.05) is 6.07 Å². The molecule has 0 unspecified atom stereocenters. The molecule has 0 aliphatic heterocycles. The first-order valence-corrected chi connectivity index (χ1v) is 7.16. The molecule has 0 amide bonds. The van der Waals surface area contributed by atoms with E-state index < -0.39 is 11.7 Å². The number of carbonyl (C=O) groups excluding carboxylic acids is 1. The lowest BCUT2D eigenvalue weighted by Crippen LogP contribution is -2.18. The third-order valence-corrected chi connectivity index (χ3v) is 4.07. The van der Waals surface area contributed by atoms with E-state index in [1.165, 1.54) is 6.07 Å². The summed E-state index contributed by atoms with van der Waals surface area (Å²) in [7, 11) is 0. The highest BCUT2D eigenvalue weighted by molar-refractivity contribution is 5.64. The second-order valence-electron chi connectivity index (χ2n) is 5.66. The summed E-state index contributed by atoms with van der Waals surface area (Å²) in [5, 5.41) is 3.06. The van der Waals surface area contributed by atoms with Gasteiger partial charge in [-0.2, -0.15) is 13.2 Å². The molecular formula is C17H15F3N2O. The van der Waals surface area contributed by atoms with Gasteiger partial charge < -0.3 is 15.8 Å². The summed E-state index contributed by atoms with van der Waals surface area (Å²) in [6.45, 7) is 0. The molecule has 0 saturated carbocycles. The Labute approximate surface area is 131 Å². The van der Waals surface area contributed by atoms with Gasteiger partial charge in [-0.05, 0) is 47.9 Å². The minimum absolute atomic E-state index is 0.332. The first-order chi connectivity index (χ1) is 10.9. The summed E-state index contributed by atoms with van der Waals surface area (Å²) < 4.78 is 38.4. The third kappa shape index (κ3) is 3.02. The van der Waals surface area contributed by atoms with Gasteiger partial charge >= 0.3 is 6.18 Å². The highest BCUT2D eigenvalue weighted by Gasteiger charge is 2.34. The minimum atomic E-state index is -4.40.